The van der Waals surface area contributed by atoms with Gasteiger partial charge in [-0.25, -0.2) is 0 Å². The van der Waals surface area contributed by atoms with Gasteiger partial charge in [0, 0.05) is 10.7 Å². The molecule has 0 aliphatic rings. The molecule has 0 aromatic heterocycles. The van der Waals surface area contributed by atoms with Crippen molar-refractivity contribution in [3.8, 4) is 0 Å². The van der Waals surface area contributed by atoms with E-state index in [1.165, 1.54) is 0 Å². The quantitative estimate of drug-likeness (QED) is 0.391. The summed E-state index contributed by atoms with van der Waals surface area (Å²) in [5, 5.41) is 12.2. The van der Waals surface area contributed by atoms with Crippen LogP contribution < -0.4 is 5.32 Å². The van der Waals surface area contributed by atoms with E-state index in [4.69, 9.17) is 0 Å². The Morgan fingerprint density at radius 1 is 1.10 bits per heavy atom. The number of rotatable bonds is 4. The molecule has 1 amide bonds. The zero-order chi connectivity index (χ0) is 16.6. The molecule has 2 N–H and O–H groups in total. The van der Waals surface area contributed by atoms with Gasteiger partial charge in [0.1, 0.15) is 0 Å². The topological polar surface area (TPSA) is 66.4 Å². The third-order valence-electron chi connectivity index (χ3n) is 3.76. The molecule has 0 saturated carbocycles. The number of carboxylic acid groups (broad SMARTS) is 1. The van der Waals surface area contributed by atoms with Crippen LogP contribution in [0.3, 0.4) is 0 Å². The number of carbonyl (C=O) groups is 2. The lowest BCUT2D eigenvalue weighted by Crippen LogP contribution is -2.57. The molecule has 4 nitrogen and oxygen atoms in total. The monoisotopic (exact) mass is 627 g/mol. The molecule has 0 aliphatic carbocycles. The van der Waals surface area contributed by atoms with Crippen molar-refractivity contribution in [2.45, 2.75) is 33.2 Å². The summed E-state index contributed by atoms with van der Waals surface area (Å²) in [5.74, 6) is -1.20. The highest BCUT2D eigenvalue weighted by atomic mass is 127. The number of hydrogen-bond donors (Lipinski definition) is 2. The van der Waals surface area contributed by atoms with E-state index in [1.54, 1.807) is 27.7 Å². The number of aliphatic carboxylic acids is 1. The fourth-order valence-electron chi connectivity index (χ4n) is 1.50. The van der Waals surface area contributed by atoms with Gasteiger partial charge in [-0.3, -0.25) is 9.59 Å². The molecule has 0 unspecified atom stereocenters. The maximum absolute atomic E-state index is 12.5. The Kier molecular flexibility index (Phi) is 6.33. The molecule has 1 aromatic carbocycles. The highest BCUT2D eigenvalue weighted by molar-refractivity contribution is 14.1. The average molecular weight is 627 g/mol. The molecule has 0 heterocycles. The Hall–Kier alpha value is 0.350. The van der Waals surface area contributed by atoms with Crippen LogP contribution in [0.25, 0.3) is 0 Å². The summed E-state index contributed by atoms with van der Waals surface area (Å²) in [4.78, 5) is 23.9. The van der Waals surface area contributed by atoms with E-state index in [9.17, 15) is 14.7 Å². The largest absolute Gasteiger partial charge is 0.481 e. The number of carboxylic acids is 1. The second-order valence-corrected chi connectivity index (χ2v) is 9.25. The summed E-state index contributed by atoms with van der Waals surface area (Å²) in [6.07, 6.45) is 0. The zero-order valence-corrected chi connectivity index (χ0v) is 18.5. The van der Waals surface area contributed by atoms with E-state index >= 15 is 0 Å². The van der Waals surface area contributed by atoms with Gasteiger partial charge in [0.15, 0.2) is 0 Å². The molecule has 0 saturated heterocycles. The van der Waals surface area contributed by atoms with Crippen molar-refractivity contribution in [2.24, 2.45) is 5.41 Å². The molecule has 0 radical (unpaired) electrons. The normalized spacial score (nSPS) is 12.1. The minimum atomic E-state index is -1.08. The molecule has 116 valence electrons. The second kappa shape index (κ2) is 6.85. The van der Waals surface area contributed by atoms with Crippen molar-refractivity contribution in [1.29, 1.82) is 0 Å². The molecule has 21 heavy (non-hydrogen) atoms. The first kappa shape index (κ1) is 19.4. The van der Waals surface area contributed by atoms with Crippen LogP contribution >= 0.6 is 67.8 Å². The third-order valence-corrected chi connectivity index (χ3v) is 7.43. The molecule has 1 rings (SSSR count). The molecule has 0 aliphatic heterocycles. The summed E-state index contributed by atoms with van der Waals surface area (Å²) in [7, 11) is 0. The average Bonchev–Trinajstić information content (AvgIpc) is 2.32. The maximum Gasteiger partial charge on any atom is 0.311 e. The lowest BCUT2D eigenvalue weighted by molar-refractivity contribution is -0.150. The Morgan fingerprint density at radius 3 is 2.10 bits per heavy atom. The Balaban J connectivity index is 3.15. The molecule has 7 heteroatoms. The van der Waals surface area contributed by atoms with Crippen molar-refractivity contribution in [1.82, 2.24) is 5.32 Å². The SMILES string of the molecule is CC(C)(NC(=O)c1cc(I)cc(I)c1I)C(C)(C)C(=O)O. The zero-order valence-electron chi connectivity index (χ0n) is 12.1. The molecular weight excluding hydrogens is 611 g/mol. The van der Waals surface area contributed by atoms with Crippen LogP contribution in [0.4, 0.5) is 0 Å². The molecule has 0 spiro atoms. The second-order valence-electron chi connectivity index (χ2n) is 5.76. The lowest BCUT2D eigenvalue weighted by atomic mass is 9.74. The molecular formula is C14H16I3NO3. The van der Waals surface area contributed by atoms with E-state index in [2.05, 4.69) is 73.1 Å². The Bertz CT molecular complexity index is 597. The van der Waals surface area contributed by atoms with Gasteiger partial charge in [-0.05, 0) is 108 Å². The van der Waals surface area contributed by atoms with Crippen LogP contribution in [0.15, 0.2) is 12.1 Å². The van der Waals surface area contributed by atoms with E-state index in [0.29, 0.717) is 5.56 Å². The van der Waals surface area contributed by atoms with Crippen molar-refractivity contribution >= 4 is 79.6 Å². The third kappa shape index (κ3) is 4.21. The lowest BCUT2D eigenvalue weighted by Gasteiger charge is -2.38. The highest BCUT2D eigenvalue weighted by Crippen LogP contribution is 2.31. The minimum absolute atomic E-state index is 0.254. The van der Waals surface area contributed by atoms with E-state index in [1.807, 2.05) is 12.1 Å². The predicted octanol–water partition coefficient (Wildman–Crippen LogP) is 4.12. The van der Waals surface area contributed by atoms with Gasteiger partial charge in [-0.1, -0.05) is 0 Å². The summed E-state index contributed by atoms with van der Waals surface area (Å²) in [6, 6.07) is 3.80. The first-order chi connectivity index (χ1) is 9.40. The molecule has 0 fully saturated rings. The number of hydrogen-bond acceptors (Lipinski definition) is 2. The van der Waals surface area contributed by atoms with Crippen LogP contribution in [-0.4, -0.2) is 22.5 Å². The Labute approximate surface area is 165 Å². The number of benzene rings is 1. The fraction of sp³-hybridized carbons (Fsp3) is 0.429. The first-order valence-corrected chi connectivity index (χ1v) is 9.34. The molecule has 0 atom stereocenters. The van der Waals surface area contributed by atoms with Crippen molar-refractivity contribution in [3.63, 3.8) is 0 Å². The van der Waals surface area contributed by atoms with Gasteiger partial charge in [0.05, 0.1) is 16.5 Å². The van der Waals surface area contributed by atoms with Crippen molar-refractivity contribution in [3.05, 3.63) is 28.4 Å². The van der Waals surface area contributed by atoms with E-state index < -0.39 is 16.9 Å². The van der Waals surface area contributed by atoms with Crippen LogP contribution in [0.5, 0.6) is 0 Å². The Morgan fingerprint density at radius 2 is 1.62 bits per heavy atom. The van der Waals surface area contributed by atoms with Crippen LogP contribution in [0.2, 0.25) is 0 Å². The number of carbonyl (C=O) groups excluding carboxylic acids is 1. The van der Waals surface area contributed by atoms with Gasteiger partial charge < -0.3 is 10.4 Å². The highest BCUT2D eigenvalue weighted by Gasteiger charge is 2.44. The summed E-state index contributed by atoms with van der Waals surface area (Å²) in [6.45, 7) is 6.67. The number of nitrogens with one attached hydrogen (secondary N) is 1. The van der Waals surface area contributed by atoms with Crippen molar-refractivity contribution < 1.29 is 14.7 Å². The fourth-order valence-corrected chi connectivity index (χ4v) is 3.90. The number of amides is 1. The van der Waals surface area contributed by atoms with Crippen LogP contribution in [0, 0.1) is 16.1 Å². The van der Waals surface area contributed by atoms with E-state index in [-0.39, 0.29) is 5.91 Å². The molecule has 0 bridgehead atoms. The predicted molar refractivity (Wildman–Crippen MR) is 108 cm³/mol. The first-order valence-electron chi connectivity index (χ1n) is 6.10. The number of halogens is 3. The van der Waals surface area contributed by atoms with Gasteiger partial charge in [0.2, 0.25) is 0 Å². The van der Waals surface area contributed by atoms with Gasteiger partial charge >= 0.3 is 5.97 Å². The minimum Gasteiger partial charge on any atom is -0.481 e. The maximum atomic E-state index is 12.5. The summed E-state index contributed by atoms with van der Waals surface area (Å²) >= 11 is 6.48. The van der Waals surface area contributed by atoms with Gasteiger partial charge in [-0.15, -0.1) is 0 Å². The van der Waals surface area contributed by atoms with Gasteiger partial charge in [0.25, 0.3) is 5.91 Å². The van der Waals surface area contributed by atoms with Crippen LogP contribution in [-0.2, 0) is 4.79 Å². The standard InChI is InChI=1S/C14H16I3NO3/c1-13(2,12(20)21)14(3,4)18-11(19)8-5-7(15)6-9(16)10(8)17/h5-6H,1-4H3,(H,18,19)(H,20,21). The van der Waals surface area contributed by atoms with E-state index in [0.717, 1.165) is 10.7 Å². The summed E-state index contributed by atoms with van der Waals surface area (Å²) < 4.78 is 2.84. The van der Waals surface area contributed by atoms with Gasteiger partial charge in [-0.2, -0.15) is 0 Å². The van der Waals surface area contributed by atoms with Crippen LogP contribution in [0.1, 0.15) is 38.1 Å². The smallest absolute Gasteiger partial charge is 0.311 e. The summed E-state index contributed by atoms with van der Waals surface area (Å²) in [5.41, 5.74) is -1.39. The van der Waals surface area contributed by atoms with Crippen molar-refractivity contribution in [2.75, 3.05) is 0 Å². The molecule has 1 aromatic rings.